The zero-order valence-corrected chi connectivity index (χ0v) is 12.1. The summed E-state index contributed by atoms with van der Waals surface area (Å²) in [5, 5.41) is 13.0. The van der Waals surface area contributed by atoms with Crippen LogP contribution in [0.3, 0.4) is 0 Å². The molecular weight excluding hydrogens is 309 g/mol. The van der Waals surface area contributed by atoms with Crippen LogP contribution in [0.4, 0.5) is 4.39 Å². The fraction of sp³-hybridized carbons (Fsp3) is 0.200. The molecule has 0 aromatic heterocycles. The minimum absolute atomic E-state index is 0.0824. The number of hydrogen-bond donors (Lipinski definition) is 2. The normalized spacial score (nSPS) is 12.4. The molecule has 2 aromatic rings. The molecule has 0 saturated carbocycles. The molecule has 0 radical (unpaired) electrons. The standard InChI is InChI=1S/C15H15BrFNO/c1-10(11-2-5-14(17)6-3-11)18-9-12-8-13(16)4-7-15(12)19/h2-8,10,18-19H,9H2,1H3/t10-/m0/s1. The fourth-order valence-corrected chi connectivity index (χ4v) is 2.24. The molecule has 1 atom stereocenters. The smallest absolute Gasteiger partial charge is 0.123 e. The SMILES string of the molecule is C[C@H](NCc1cc(Br)ccc1O)c1ccc(F)cc1. The van der Waals surface area contributed by atoms with Gasteiger partial charge in [0.2, 0.25) is 0 Å². The maximum Gasteiger partial charge on any atom is 0.123 e. The van der Waals surface area contributed by atoms with Gasteiger partial charge in [0.1, 0.15) is 11.6 Å². The second-order valence-electron chi connectivity index (χ2n) is 4.43. The predicted octanol–water partition coefficient (Wildman–Crippen LogP) is 4.14. The Balaban J connectivity index is 2.02. The van der Waals surface area contributed by atoms with Crippen LogP contribution in [-0.2, 0) is 6.54 Å². The van der Waals surface area contributed by atoms with E-state index in [1.807, 2.05) is 13.0 Å². The molecule has 0 saturated heterocycles. The molecule has 0 bridgehead atoms. The monoisotopic (exact) mass is 323 g/mol. The number of phenolic OH excluding ortho intramolecular Hbond substituents is 1. The largest absolute Gasteiger partial charge is 0.508 e. The lowest BCUT2D eigenvalue weighted by atomic mass is 10.1. The van der Waals surface area contributed by atoms with E-state index in [4.69, 9.17) is 0 Å². The van der Waals surface area contributed by atoms with Gasteiger partial charge in [0.05, 0.1) is 0 Å². The molecule has 0 aliphatic rings. The quantitative estimate of drug-likeness (QED) is 0.886. The predicted molar refractivity (Wildman–Crippen MR) is 77.5 cm³/mol. The van der Waals surface area contributed by atoms with Crippen molar-refractivity contribution in [1.29, 1.82) is 0 Å². The molecule has 2 rings (SSSR count). The van der Waals surface area contributed by atoms with Crippen LogP contribution in [0.1, 0.15) is 24.1 Å². The van der Waals surface area contributed by atoms with Crippen molar-refractivity contribution in [2.75, 3.05) is 0 Å². The lowest BCUT2D eigenvalue weighted by Crippen LogP contribution is -2.18. The molecular formula is C15H15BrFNO. The van der Waals surface area contributed by atoms with Gasteiger partial charge in [-0.05, 0) is 42.8 Å². The van der Waals surface area contributed by atoms with Crippen molar-refractivity contribution in [2.24, 2.45) is 0 Å². The minimum Gasteiger partial charge on any atom is -0.508 e. The fourth-order valence-electron chi connectivity index (χ4n) is 1.83. The molecule has 0 fully saturated rings. The van der Waals surface area contributed by atoms with Crippen molar-refractivity contribution in [3.63, 3.8) is 0 Å². The van der Waals surface area contributed by atoms with Gasteiger partial charge in [0.15, 0.2) is 0 Å². The Kier molecular flexibility index (Phi) is 4.56. The van der Waals surface area contributed by atoms with Crippen LogP contribution in [0, 0.1) is 5.82 Å². The van der Waals surface area contributed by atoms with Crippen LogP contribution in [0.15, 0.2) is 46.9 Å². The minimum atomic E-state index is -0.236. The van der Waals surface area contributed by atoms with E-state index in [1.165, 1.54) is 12.1 Å². The molecule has 0 heterocycles. The van der Waals surface area contributed by atoms with E-state index in [-0.39, 0.29) is 17.6 Å². The first-order valence-corrected chi connectivity index (χ1v) is 6.82. The summed E-state index contributed by atoms with van der Waals surface area (Å²) in [6.45, 7) is 2.55. The summed E-state index contributed by atoms with van der Waals surface area (Å²) in [5.74, 6) is 0.0302. The molecule has 2 nitrogen and oxygen atoms in total. The average molecular weight is 324 g/mol. The van der Waals surface area contributed by atoms with Crippen molar-refractivity contribution >= 4 is 15.9 Å². The third kappa shape index (κ3) is 3.78. The maximum absolute atomic E-state index is 12.8. The Morgan fingerprint density at radius 3 is 2.58 bits per heavy atom. The van der Waals surface area contributed by atoms with Gasteiger partial charge in [-0.15, -0.1) is 0 Å². The summed E-state index contributed by atoms with van der Waals surface area (Å²) in [6.07, 6.45) is 0. The first-order chi connectivity index (χ1) is 9.06. The Morgan fingerprint density at radius 2 is 1.89 bits per heavy atom. The van der Waals surface area contributed by atoms with Gasteiger partial charge < -0.3 is 10.4 Å². The highest BCUT2D eigenvalue weighted by Gasteiger charge is 2.07. The number of halogens is 2. The third-order valence-corrected chi connectivity index (χ3v) is 3.50. The van der Waals surface area contributed by atoms with Gasteiger partial charge in [0.25, 0.3) is 0 Å². The highest BCUT2D eigenvalue weighted by atomic mass is 79.9. The number of hydrogen-bond acceptors (Lipinski definition) is 2. The van der Waals surface area contributed by atoms with Crippen LogP contribution >= 0.6 is 15.9 Å². The van der Waals surface area contributed by atoms with Crippen molar-refractivity contribution in [1.82, 2.24) is 5.32 Å². The van der Waals surface area contributed by atoms with Crippen molar-refractivity contribution in [2.45, 2.75) is 19.5 Å². The zero-order chi connectivity index (χ0) is 13.8. The van der Waals surface area contributed by atoms with Crippen molar-refractivity contribution in [3.8, 4) is 5.75 Å². The second kappa shape index (κ2) is 6.17. The highest BCUT2D eigenvalue weighted by molar-refractivity contribution is 9.10. The molecule has 19 heavy (non-hydrogen) atoms. The molecule has 100 valence electrons. The van der Waals surface area contributed by atoms with Gasteiger partial charge in [-0.25, -0.2) is 4.39 Å². The molecule has 0 amide bonds. The van der Waals surface area contributed by atoms with E-state index < -0.39 is 0 Å². The molecule has 0 aliphatic heterocycles. The van der Waals surface area contributed by atoms with E-state index in [0.29, 0.717) is 6.54 Å². The van der Waals surface area contributed by atoms with Gasteiger partial charge >= 0.3 is 0 Å². The van der Waals surface area contributed by atoms with Gasteiger partial charge in [-0.1, -0.05) is 28.1 Å². The van der Waals surface area contributed by atoms with E-state index >= 15 is 0 Å². The Labute approximate surface area is 120 Å². The second-order valence-corrected chi connectivity index (χ2v) is 5.34. The van der Waals surface area contributed by atoms with Crippen LogP contribution < -0.4 is 5.32 Å². The van der Waals surface area contributed by atoms with Crippen molar-refractivity contribution in [3.05, 3.63) is 63.9 Å². The van der Waals surface area contributed by atoms with E-state index in [0.717, 1.165) is 15.6 Å². The first kappa shape index (κ1) is 14.0. The number of phenols is 1. The number of rotatable bonds is 4. The van der Waals surface area contributed by atoms with Gasteiger partial charge in [0, 0.05) is 22.6 Å². The summed E-state index contributed by atoms with van der Waals surface area (Å²) in [5.41, 5.74) is 1.83. The molecule has 0 aliphatic carbocycles. The van der Waals surface area contributed by atoms with Gasteiger partial charge in [-0.3, -0.25) is 0 Å². The molecule has 2 N–H and O–H groups in total. The Bertz CT molecular complexity index is 557. The van der Waals surface area contributed by atoms with Crippen molar-refractivity contribution < 1.29 is 9.50 Å². The van der Waals surface area contributed by atoms with Gasteiger partial charge in [-0.2, -0.15) is 0 Å². The average Bonchev–Trinajstić information content (AvgIpc) is 2.40. The third-order valence-electron chi connectivity index (χ3n) is 3.01. The lowest BCUT2D eigenvalue weighted by molar-refractivity contribution is 0.460. The van der Waals surface area contributed by atoms with Crippen LogP contribution in [0.25, 0.3) is 0 Å². The summed E-state index contributed by atoms with van der Waals surface area (Å²) in [4.78, 5) is 0. The number of benzene rings is 2. The highest BCUT2D eigenvalue weighted by Crippen LogP contribution is 2.22. The van der Waals surface area contributed by atoms with Crippen LogP contribution in [0.2, 0.25) is 0 Å². The number of nitrogens with one attached hydrogen (secondary N) is 1. The molecule has 0 unspecified atom stereocenters. The maximum atomic E-state index is 12.8. The molecule has 2 aromatic carbocycles. The lowest BCUT2D eigenvalue weighted by Gasteiger charge is -2.15. The summed E-state index contributed by atoms with van der Waals surface area (Å²) in [7, 11) is 0. The topological polar surface area (TPSA) is 32.3 Å². The number of aromatic hydroxyl groups is 1. The summed E-state index contributed by atoms with van der Waals surface area (Å²) >= 11 is 3.38. The zero-order valence-electron chi connectivity index (χ0n) is 10.5. The first-order valence-electron chi connectivity index (χ1n) is 6.02. The Morgan fingerprint density at radius 1 is 1.21 bits per heavy atom. The molecule has 4 heteroatoms. The van der Waals surface area contributed by atoms with E-state index in [9.17, 15) is 9.50 Å². The molecule has 0 spiro atoms. The Hall–Kier alpha value is -1.39. The van der Waals surface area contributed by atoms with E-state index in [2.05, 4.69) is 21.2 Å². The van der Waals surface area contributed by atoms with Crippen LogP contribution in [-0.4, -0.2) is 5.11 Å². The van der Waals surface area contributed by atoms with Crippen LogP contribution in [0.5, 0.6) is 5.75 Å². The van der Waals surface area contributed by atoms with E-state index in [1.54, 1.807) is 24.3 Å². The summed E-state index contributed by atoms with van der Waals surface area (Å²) in [6, 6.07) is 11.8. The summed E-state index contributed by atoms with van der Waals surface area (Å²) < 4.78 is 13.8.